The molecule has 2 heterocycles. The molecular weight excluding hydrogens is 312 g/mol. The Morgan fingerprint density at radius 3 is 2.52 bits per heavy atom. The lowest BCUT2D eigenvalue weighted by Gasteiger charge is -2.08. The molecule has 4 aromatic rings. The lowest BCUT2D eigenvalue weighted by atomic mass is 9.97. The molecule has 0 aliphatic rings. The third kappa shape index (κ3) is 2.31. The summed E-state index contributed by atoms with van der Waals surface area (Å²) in [5.74, 6) is 0.881. The van der Waals surface area contributed by atoms with E-state index in [4.69, 9.17) is 4.74 Å². The summed E-state index contributed by atoms with van der Waals surface area (Å²) in [5, 5.41) is 4.94. The Balaban J connectivity index is 0.000000960. The van der Waals surface area contributed by atoms with E-state index in [1.165, 1.54) is 38.2 Å². The van der Waals surface area contributed by atoms with Crippen molar-refractivity contribution in [2.75, 3.05) is 7.11 Å². The molecule has 0 amide bonds. The molecule has 0 unspecified atom stereocenters. The van der Waals surface area contributed by atoms with Crippen molar-refractivity contribution in [2.24, 2.45) is 0 Å². The number of aromatic nitrogens is 2. The van der Waals surface area contributed by atoms with Gasteiger partial charge in [-0.1, -0.05) is 0 Å². The molecule has 2 aromatic heterocycles. The number of nitrogens with one attached hydrogen (secondary N) is 1. The molecule has 0 spiro atoms. The van der Waals surface area contributed by atoms with Gasteiger partial charge >= 0.3 is 0 Å². The summed E-state index contributed by atoms with van der Waals surface area (Å²) >= 11 is 0. The maximum atomic E-state index is 5.37. The Kier molecular flexibility index (Phi) is 4.50. The number of pyridine rings is 1. The average Bonchev–Trinajstić information content (AvgIpc) is 2.91. The van der Waals surface area contributed by atoms with Crippen molar-refractivity contribution in [1.82, 2.24) is 9.97 Å². The van der Waals surface area contributed by atoms with Gasteiger partial charge in [-0.2, -0.15) is 0 Å². The van der Waals surface area contributed by atoms with Crippen LogP contribution in [0.25, 0.3) is 32.6 Å². The molecule has 0 bridgehead atoms. The van der Waals surface area contributed by atoms with E-state index < -0.39 is 0 Å². The van der Waals surface area contributed by atoms with Crippen molar-refractivity contribution >= 4 is 45.0 Å². The van der Waals surface area contributed by atoms with E-state index in [0.717, 1.165) is 11.3 Å². The van der Waals surface area contributed by atoms with Gasteiger partial charge in [0.15, 0.2) is 0 Å². The summed E-state index contributed by atoms with van der Waals surface area (Å²) in [7, 11) is 1.70. The Hall–Kier alpha value is -2.30. The molecule has 120 valence electrons. The SMILES string of the molecule is COc1ccc2[nH]c3c(C)c4ccncc4c(C)c3c2c1.Cl.O. The molecule has 0 aliphatic heterocycles. The monoisotopic (exact) mass is 330 g/mol. The van der Waals surface area contributed by atoms with E-state index in [0.29, 0.717) is 0 Å². The molecule has 0 atom stereocenters. The number of nitrogens with zero attached hydrogens (tertiary/aromatic N) is 1. The van der Waals surface area contributed by atoms with Gasteiger partial charge in [0, 0.05) is 34.1 Å². The fraction of sp³-hybridized carbons (Fsp3) is 0.167. The van der Waals surface area contributed by atoms with Gasteiger partial charge in [-0.05, 0) is 54.6 Å². The highest BCUT2D eigenvalue weighted by Crippen LogP contribution is 2.37. The lowest BCUT2D eigenvalue weighted by molar-refractivity contribution is 0.415. The van der Waals surface area contributed by atoms with E-state index in [-0.39, 0.29) is 17.9 Å². The third-order valence-corrected chi connectivity index (χ3v) is 4.38. The van der Waals surface area contributed by atoms with Crippen LogP contribution in [-0.2, 0) is 0 Å². The van der Waals surface area contributed by atoms with Crippen LogP contribution < -0.4 is 4.74 Å². The second-order valence-electron chi connectivity index (χ2n) is 5.46. The first-order valence-electron chi connectivity index (χ1n) is 7.03. The van der Waals surface area contributed by atoms with Crippen LogP contribution in [-0.4, -0.2) is 22.6 Å². The highest BCUT2D eigenvalue weighted by atomic mass is 35.5. The van der Waals surface area contributed by atoms with Crippen molar-refractivity contribution in [2.45, 2.75) is 13.8 Å². The number of rotatable bonds is 1. The van der Waals surface area contributed by atoms with E-state index in [1.807, 2.05) is 18.5 Å². The van der Waals surface area contributed by atoms with Crippen LogP contribution in [0.2, 0.25) is 0 Å². The predicted octanol–water partition coefficient (Wildman–Crippen LogP) is 4.09. The van der Waals surface area contributed by atoms with Crippen LogP contribution in [0.4, 0.5) is 0 Å². The van der Waals surface area contributed by atoms with Gasteiger partial charge in [0.25, 0.3) is 0 Å². The molecule has 4 rings (SSSR count). The number of hydrogen-bond acceptors (Lipinski definition) is 2. The number of ether oxygens (including phenoxy) is 1. The Morgan fingerprint density at radius 2 is 1.78 bits per heavy atom. The summed E-state index contributed by atoms with van der Waals surface area (Å²) in [6.45, 7) is 4.33. The van der Waals surface area contributed by atoms with Gasteiger partial charge < -0.3 is 15.2 Å². The number of aromatic amines is 1. The van der Waals surface area contributed by atoms with Crippen molar-refractivity contribution in [1.29, 1.82) is 0 Å². The van der Waals surface area contributed by atoms with Gasteiger partial charge in [0.2, 0.25) is 0 Å². The quantitative estimate of drug-likeness (QED) is 0.571. The third-order valence-electron chi connectivity index (χ3n) is 4.38. The molecule has 5 heteroatoms. The maximum Gasteiger partial charge on any atom is 0.119 e. The maximum absolute atomic E-state index is 5.37. The van der Waals surface area contributed by atoms with Crippen LogP contribution >= 0.6 is 12.4 Å². The van der Waals surface area contributed by atoms with E-state index >= 15 is 0 Å². The highest BCUT2D eigenvalue weighted by molar-refractivity contribution is 6.16. The molecular formula is C18H19ClN2O2. The van der Waals surface area contributed by atoms with Gasteiger partial charge in [0.1, 0.15) is 5.75 Å². The van der Waals surface area contributed by atoms with Gasteiger partial charge in [-0.25, -0.2) is 0 Å². The second kappa shape index (κ2) is 6.07. The van der Waals surface area contributed by atoms with Crippen molar-refractivity contribution in [3.8, 4) is 5.75 Å². The molecule has 2 aromatic carbocycles. The first-order valence-corrected chi connectivity index (χ1v) is 7.03. The van der Waals surface area contributed by atoms with Crippen LogP contribution in [0.3, 0.4) is 0 Å². The Morgan fingerprint density at radius 1 is 1.00 bits per heavy atom. The number of fused-ring (bicyclic) bond motifs is 4. The van der Waals surface area contributed by atoms with E-state index in [9.17, 15) is 0 Å². The smallest absolute Gasteiger partial charge is 0.119 e. The lowest BCUT2D eigenvalue weighted by Crippen LogP contribution is -1.87. The molecule has 0 fully saturated rings. The molecule has 4 nitrogen and oxygen atoms in total. The summed E-state index contributed by atoms with van der Waals surface area (Å²) in [6.07, 6.45) is 3.81. The van der Waals surface area contributed by atoms with Crippen molar-refractivity contribution < 1.29 is 10.2 Å². The Labute approximate surface area is 140 Å². The van der Waals surface area contributed by atoms with Gasteiger partial charge in [-0.15, -0.1) is 12.4 Å². The zero-order valence-electron chi connectivity index (χ0n) is 13.2. The summed E-state index contributed by atoms with van der Waals surface area (Å²) in [5.41, 5.74) is 4.87. The molecule has 23 heavy (non-hydrogen) atoms. The topological polar surface area (TPSA) is 69.4 Å². The minimum atomic E-state index is 0. The number of methoxy groups -OCH3 is 1. The summed E-state index contributed by atoms with van der Waals surface area (Å²) in [6, 6.07) is 8.26. The second-order valence-corrected chi connectivity index (χ2v) is 5.46. The predicted molar refractivity (Wildman–Crippen MR) is 98.0 cm³/mol. The largest absolute Gasteiger partial charge is 0.497 e. The molecule has 0 radical (unpaired) electrons. The molecule has 0 saturated carbocycles. The number of hydrogen-bond donors (Lipinski definition) is 1. The highest BCUT2D eigenvalue weighted by Gasteiger charge is 2.14. The summed E-state index contributed by atoms with van der Waals surface area (Å²) in [4.78, 5) is 7.84. The fourth-order valence-corrected chi connectivity index (χ4v) is 3.26. The first-order chi connectivity index (χ1) is 10.2. The van der Waals surface area contributed by atoms with E-state index in [1.54, 1.807) is 7.11 Å². The number of H-pyrrole nitrogens is 1. The van der Waals surface area contributed by atoms with Crippen LogP contribution in [0.5, 0.6) is 5.75 Å². The van der Waals surface area contributed by atoms with Crippen molar-refractivity contribution in [3.63, 3.8) is 0 Å². The normalized spacial score (nSPS) is 10.6. The number of aryl methyl sites for hydroxylation is 2. The fourth-order valence-electron chi connectivity index (χ4n) is 3.26. The van der Waals surface area contributed by atoms with Crippen LogP contribution in [0.1, 0.15) is 11.1 Å². The zero-order chi connectivity index (χ0) is 14.6. The zero-order valence-corrected chi connectivity index (χ0v) is 14.0. The van der Waals surface area contributed by atoms with E-state index in [2.05, 4.69) is 42.0 Å². The van der Waals surface area contributed by atoms with Gasteiger partial charge in [-0.3, -0.25) is 4.98 Å². The molecule has 0 aliphatic carbocycles. The molecule has 0 saturated heterocycles. The number of halogens is 1. The molecule has 3 N–H and O–H groups in total. The summed E-state index contributed by atoms with van der Waals surface area (Å²) < 4.78 is 5.37. The van der Waals surface area contributed by atoms with Crippen molar-refractivity contribution in [3.05, 3.63) is 47.8 Å². The number of benzene rings is 2. The van der Waals surface area contributed by atoms with Crippen LogP contribution in [0.15, 0.2) is 36.7 Å². The average molecular weight is 331 g/mol. The van der Waals surface area contributed by atoms with Gasteiger partial charge in [0.05, 0.1) is 12.6 Å². The minimum absolute atomic E-state index is 0. The van der Waals surface area contributed by atoms with Crippen LogP contribution in [0, 0.1) is 13.8 Å². The minimum Gasteiger partial charge on any atom is -0.497 e. The Bertz CT molecular complexity index is 1010. The standard InChI is InChI=1S/C18H16N2O.ClH.H2O/c1-10-15-9-19-7-6-13(15)11(2)18-17(10)14-8-12(21-3)4-5-16(14)20-18;;/h4-9,20H,1-3H3;1H;1H2. The first kappa shape index (κ1) is 17.1.